The molecule has 4 heteroatoms. The monoisotopic (exact) mass is 271 g/mol. The van der Waals surface area contributed by atoms with E-state index >= 15 is 0 Å². The van der Waals surface area contributed by atoms with E-state index in [0.717, 1.165) is 12.8 Å². The van der Waals surface area contributed by atoms with Crippen molar-refractivity contribution in [3.63, 3.8) is 0 Å². The maximum atomic E-state index is 13.0. The van der Waals surface area contributed by atoms with Crippen molar-refractivity contribution in [2.75, 3.05) is 5.73 Å². The molecule has 0 aromatic heterocycles. The highest BCUT2D eigenvalue weighted by atomic mass is 32.2. The fourth-order valence-corrected chi connectivity index (χ4v) is 4.01. The average Bonchev–Trinajstić information content (AvgIpc) is 2.31. The Balaban J connectivity index is 2.12. The van der Waals surface area contributed by atoms with Crippen LogP contribution in [0.1, 0.15) is 44.6 Å². The van der Waals surface area contributed by atoms with Gasteiger partial charge in [-0.3, -0.25) is 0 Å². The zero-order valence-electron chi connectivity index (χ0n) is 10.5. The molecule has 1 aromatic carbocycles. The molecule has 0 radical (unpaired) electrons. The summed E-state index contributed by atoms with van der Waals surface area (Å²) in [5.74, 6) is 0.708. The summed E-state index contributed by atoms with van der Waals surface area (Å²) in [6.07, 6.45) is 2.27. The third-order valence-electron chi connectivity index (χ3n) is 3.45. The predicted octanol–water partition coefficient (Wildman–Crippen LogP) is 4.88. The molecule has 0 saturated heterocycles. The van der Waals surface area contributed by atoms with Crippen LogP contribution in [0.4, 0.5) is 14.5 Å². The first-order chi connectivity index (χ1) is 8.56. The van der Waals surface area contributed by atoms with Crippen molar-refractivity contribution >= 4 is 17.4 Å². The van der Waals surface area contributed by atoms with E-state index in [1.165, 1.54) is 18.9 Å². The minimum Gasteiger partial charge on any atom is -0.399 e. The molecule has 0 bridgehead atoms. The number of nitrogen functional groups attached to an aromatic ring is 1. The molecule has 1 aliphatic rings. The van der Waals surface area contributed by atoms with Gasteiger partial charge in [0.1, 0.15) is 0 Å². The highest BCUT2D eigenvalue weighted by Crippen LogP contribution is 2.40. The number of hydrogen-bond donors (Lipinski definition) is 1. The zero-order chi connectivity index (χ0) is 13.1. The highest BCUT2D eigenvalue weighted by Gasteiger charge is 2.22. The first-order valence-electron chi connectivity index (χ1n) is 6.40. The van der Waals surface area contributed by atoms with Crippen molar-refractivity contribution in [2.24, 2.45) is 5.92 Å². The third kappa shape index (κ3) is 3.37. The molecular formula is C14H19F2NS. The molecule has 1 aromatic rings. The summed E-state index contributed by atoms with van der Waals surface area (Å²) in [6, 6.07) is 4.85. The Kier molecular flexibility index (Phi) is 4.49. The van der Waals surface area contributed by atoms with Gasteiger partial charge in [0.25, 0.3) is 6.43 Å². The molecule has 0 spiro atoms. The molecule has 100 valence electrons. The summed E-state index contributed by atoms with van der Waals surface area (Å²) in [6.45, 7) is 2.24. The van der Waals surface area contributed by atoms with Crippen LogP contribution in [-0.2, 0) is 0 Å². The van der Waals surface area contributed by atoms with Crippen LogP contribution in [0.15, 0.2) is 23.1 Å². The van der Waals surface area contributed by atoms with Crippen LogP contribution < -0.4 is 5.73 Å². The van der Waals surface area contributed by atoms with Crippen molar-refractivity contribution in [1.82, 2.24) is 0 Å². The zero-order valence-corrected chi connectivity index (χ0v) is 11.4. The van der Waals surface area contributed by atoms with E-state index < -0.39 is 6.43 Å². The van der Waals surface area contributed by atoms with E-state index in [2.05, 4.69) is 6.92 Å². The van der Waals surface area contributed by atoms with Crippen molar-refractivity contribution in [3.8, 4) is 0 Å². The molecule has 0 aliphatic heterocycles. The van der Waals surface area contributed by atoms with Crippen LogP contribution in [0.5, 0.6) is 0 Å². The molecule has 1 fully saturated rings. The maximum Gasteiger partial charge on any atom is 0.265 e. The molecule has 1 nitrogen and oxygen atoms in total. The second-order valence-corrected chi connectivity index (χ2v) is 6.45. The normalized spacial score (nSPS) is 24.4. The van der Waals surface area contributed by atoms with Crippen LogP contribution in [-0.4, -0.2) is 5.25 Å². The number of benzene rings is 1. The molecule has 2 N–H and O–H groups in total. The number of thioether (sulfide) groups is 1. The van der Waals surface area contributed by atoms with E-state index in [-0.39, 0.29) is 5.56 Å². The second-order valence-electron chi connectivity index (χ2n) is 5.11. The molecule has 2 unspecified atom stereocenters. The van der Waals surface area contributed by atoms with Gasteiger partial charge >= 0.3 is 0 Å². The second kappa shape index (κ2) is 5.91. The topological polar surface area (TPSA) is 26.0 Å². The first kappa shape index (κ1) is 13.7. The Bertz CT molecular complexity index is 409. The van der Waals surface area contributed by atoms with Crippen molar-refractivity contribution in [3.05, 3.63) is 23.8 Å². The van der Waals surface area contributed by atoms with Crippen LogP contribution in [0.3, 0.4) is 0 Å². The largest absolute Gasteiger partial charge is 0.399 e. The lowest BCUT2D eigenvalue weighted by Gasteiger charge is -2.26. The van der Waals surface area contributed by atoms with Gasteiger partial charge in [-0.2, -0.15) is 0 Å². The Hall–Kier alpha value is -0.770. The van der Waals surface area contributed by atoms with E-state index in [9.17, 15) is 8.78 Å². The quantitative estimate of drug-likeness (QED) is 0.793. The number of rotatable bonds is 3. The van der Waals surface area contributed by atoms with Crippen LogP contribution in [0.2, 0.25) is 0 Å². The third-order valence-corrected chi connectivity index (χ3v) is 4.84. The number of anilines is 1. The van der Waals surface area contributed by atoms with Gasteiger partial charge in [-0.15, -0.1) is 11.8 Å². The number of nitrogens with two attached hydrogens (primary N) is 1. The first-order valence-corrected chi connectivity index (χ1v) is 7.28. The number of halogens is 2. The summed E-state index contributed by atoms with van der Waals surface area (Å²) in [5.41, 5.74) is 6.07. The van der Waals surface area contributed by atoms with Gasteiger partial charge in [0.05, 0.1) is 0 Å². The van der Waals surface area contributed by atoms with Gasteiger partial charge in [0, 0.05) is 21.4 Å². The molecule has 1 aliphatic carbocycles. The average molecular weight is 271 g/mol. The van der Waals surface area contributed by atoms with Crippen LogP contribution >= 0.6 is 11.8 Å². The fourth-order valence-electron chi connectivity index (χ4n) is 2.51. The minimum absolute atomic E-state index is 0.0817. The van der Waals surface area contributed by atoms with E-state index in [4.69, 9.17) is 5.73 Å². The van der Waals surface area contributed by atoms with Crippen molar-refractivity contribution in [2.45, 2.75) is 49.2 Å². The van der Waals surface area contributed by atoms with Gasteiger partial charge < -0.3 is 5.73 Å². The van der Waals surface area contributed by atoms with E-state index in [0.29, 0.717) is 21.8 Å². The Labute approximate surface area is 111 Å². The summed E-state index contributed by atoms with van der Waals surface area (Å²) in [5, 5.41) is 0.467. The molecule has 1 saturated carbocycles. The van der Waals surface area contributed by atoms with Crippen molar-refractivity contribution in [1.29, 1.82) is 0 Å². The predicted molar refractivity (Wildman–Crippen MR) is 73.1 cm³/mol. The Morgan fingerprint density at radius 1 is 1.33 bits per heavy atom. The van der Waals surface area contributed by atoms with Crippen LogP contribution in [0, 0.1) is 5.92 Å². The Morgan fingerprint density at radius 2 is 2.11 bits per heavy atom. The minimum atomic E-state index is -2.45. The standard InChI is InChI=1S/C14H19F2NS/c1-9-3-2-4-11(7-9)18-13-6-5-10(17)8-12(13)14(15)16/h5-6,8-9,11,14H,2-4,7,17H2,1H3. The molecule has 2 atom stereocenters. The molecule has 18 heavy (non-hydrogen) atoms. The lowest BCUT2D eigenvalue weighted by Crippen LogP contribution is -2.15. The maximum absolute atomic E-state index is 13.0. The lowest BCUT2D eigenvalue weighted by atomic mass is 9.91. The molecule has 2 rings (SSSR count). The fraction of sp³-hybridized carbons (Fsp3) is 0.571. The molecule has 0 amide bonds. The van der Waals surface area contributed by atoms with Gasteiger partial charge in [-0.1, -0.05) is 19.8 Å². The summed E-state index contributed by atoms with van der Waals surface area (Å²) >= 11 is 1.60. The SMILES string of the molecule is CC1CCCC(Sc2ccc(N)cc2C(F)F)C1. The molecule has 0 heterocycles. The number of hydrogen-bond acceptors (Lipinski definition) is 2. The highest BCUT2D eigenvalue weighted by molar-refractivity contribution is 8.00. The van der Waals surface area contributed by atoms with Gasteiger partial charge in [0.15, 0.2) is 0 Å². The lowest BCUT2D eigenvalue weighted by molar-refractivity contribution is 0.148. The van der Waals surface area contributed by atoms with Gasteiger partial charge in [-0.05, 0) is 37.0 Å². The van der Waals surface area contributed by atoms with Crippen molar-refractivity contribution < 1.29 is 8.78 Å². The Morgan fingerprint density at radius 3 is 2.78 bits per heavy atom. The van der Waals surface area contributed by atoms with E-state index in [1.54, 1.807) is 23.9 Å². The smallest absolute Gasteiger partial charge is 0.265 e. The summed E-state index contributed by atoms with van der Waals surface area (Å²) < 4.78 is 25.9. The van der Waals surface area contributed by atoms with Gasteiger partial charge in [0.2, 0.25) is 0 Å². The number of alkyl halides is 2. The molecular weight excluding hydrogens is 252 g/mol. The summed E-state index contributed by atoms with van der Waals surface area (Å²) in [4.78, 5) is 0.693. The van der Waals surface area contributed by atoms with Gasteiger partial charge in [-0.25, -0.2) is 8.78 Å². The summed E-state index contributed by atoms with van der Waals surface area (Å²) in [7, 11) is 0. The van der Waals surface area contributed by atoms with E-state index in [1.807, 2.05) is 0 Å². The van der Waals surface area contributed by atoms with Crippen LogP contribution in [0.25, 0.3) is 0 Å².